The van der Waals surface area contributed by atoms with E-state index in [1.54, 1.807) is 18.2 Å². The summed E-state index contributed by atoms with van der Waals surface area (Å²) in [5.74, 6) is -0.853. The monoisotopic (exact) mass is 266 g/mol. The number of nitriles is 1. The van der Waals surface area contributed by atoms with Crippen LogP contribution >= 0.6 is 11.6 Å². The molecule has 0 saturated carbocycles. The second kappa shape index (κ2) is 6.27. The Hall–Kier alpha value is -1.73. The number of carboxylic acids is 1. The van der Waals surface area contributed by atoms with Crippen LogP contribution in [0.4, 0.5) is 5.69 Å². The van der Waals surface area contributed by atoms with Crippen molar-refractivity contribution >= 4 is 23.3 Å². The number of benzene rings is 1. The maximum atomic E-state index is 10.8. The van der Waals surface area contributed by atoms with Crippen molar-refractivity contribution in [1.82, 2.24) is 0 Å². The fourth-order valence-corrected chi connectivity index (χ4v) is 2.10. The van der Waals surface area contributed by atoms with Crippen LogP contribution in [0.3, 0.4) is 0 Å². The molecule has 0 spiro atoms. The molecule has 1 unspecified atom stereocenters. The maximum Gasteiger partial charge on any atom is 0.305 e. The molecule has 0 radical (unpaired) electrons. The van der Waals surface area contributed by atoms with Crippen LogP contribution in [0, 0.1) is 11.3 Å². The van der Waals surface area contributed by atoms with Crippen molar-refractivity contribution in [2.45, 2.75) is 26.3 Å². The van der Waals surface area contributed by atoms with Gasteiger partial charge in [-0.15, -0.1) is 0 Å². The lowest BCUT2D eigenvalue weighted by molar-refractivity contribution is -0.137. The molecule has 0 heterocycles. The lowest BCUT2D eigenvalue weighted by Gasteiger charge is -2.30. The highest BCUT2D eigenvalue weighted by atomic mass is 35.5. The molecule has 0 aliphatic heterocycles. The number of hydrogen-bond acceptors (Lipinski definition) is 3. The number of nitrogens with zero attached hydrogens (tertiary/aromatic N) is 2. The third-order valence-corrected chi connectivity index (χ3v) is 2.97. The van der Waals surface area contributed by atoms with Crippen LogP contribution in [-0.4, -0.2) is 23.7 Å². The molecule has 96 valence electrons. The Labute approximate surface area is 111 Å². The molecular formula is C13H15ClN2O2. The van der Waals surface area contributed by atoms with Gasteiger partial charge in [-0.3, -0.25) is 4.79 Å². The second-order valence-electron chi connectivity index (χ2n) is 4.01. The summed E-state index contributed by atoms with van der Waals surface area (Å²) in [5.41, 5.74) is 1.18. The molecule has 1 rings (SSSR count). The van der Waals surface area contributed by atoms with E-state index in [-0.39, 0.29) is 12.5 Å². The van der Waals surface area contributed by atoms with Crippen LogP contribution in [0.5, 0.6) is 0 Å². The topological polar surface area (TPSA) is 64.3 Å². The van der Waals surface area contributed by atoms with E-state index in [0.29, 0.717) is 17.1 Å². The van der Waals surface area contributed by atoms with E-state index in [4.69, 9.17) is 22.0 Å². The second-order valence-corrected chi connectivity index (χ2v) is 4.44. The van der Waals surface area contributed by atoms with E-state index in [1.807, 2.05) is 18.7 Å². The molecule has 0 aliphatic rings. The van der Waals surface area contributed by atoms with Crippen molar-refractivity contribution in [2.75, 3.05) is 11.4 Å². The highest BCUT2D eigenvalue weighted by molar-refractivity contribution is 6.30. The van der Waals surface area contributed by atoms with Gasteiger partial charge in [0.2, 0.25) is 0 Å². The lowest BCUT2D eigenvalue weighted by Crippen LogP contribution is -2.35. The molecule has 0 aromatic heterocycles. The van der Waals surface area contributed by atoms with Crippen molar-refractivity contribution in [2.24, 2.45) is 0 Å². The summed E-state index contributed by atoms with van der Waals surface area (Å²) in [6.07, 6.45) is 0.0291. The summed E-state index contributed by atoms with van der Waals surface area (Å²) in [6.45, 7) is 4.38. The quantitative estimate of drug-likeness (QED) is 0.890. The molecule has 0 amide bonds. The number of carbonyl (C=O) groups is 1. The Balaban J connectivity index is 3.09. The predicted octanol–water partition coefficient (Wildman–Crippen LogP) is 2.90. The van der Waals surface area contributed by atoms with Crippen molar-refractivity contribution in [1.29, 1.82) is 5.26 Å². The third kappa shape index (κ3) is 3.38. The Morgan fingerprint density at radius 2 is 2.28 bits per heavy atom. The Bertz CT molecular complexity index is 482. The minimum atomic E-state index is -0.853. The number of aliphatic carboxylic acids is 1. The van der Waals surface area contributed by atoms with Crippen LogP contribution in [0.1, 0.15) is 25.8 Å². The SMILES string of the molecule is CCN(c1ccc(Cl)cc1C#N)C(C)CC(=O)O. The zero-order valence-electron chi connectivity index (χ0n) is 10.4. The summed E-state index contributed by atoms with van der Waals surface area (Å²) in [5, 5.41) is 18.4. The van der Waals surface area contributed by atoms with Gasteiger partial charge >= 0.3 is 5.97 Å². The first kappa shape index (κ1) is 14.3. The van der Waals surface area contributed by atoms with Gasteiger partial charge in [0.1, 0.15) is 6.07 Å². The van der Waals surface area contributed by atoms with E-state index in [0.717, 1.165) is 5.69 Å². The molecule has 1 atom stereocenters. The first-order chi connectivity index (χ1) is 8.49. The largest absolute Gasteiger partial charge is 0.481 e. The molecule has 1 aromatic carbocycles. The van der Waals surface area contributed by atoms with Gasteiger partial charge < -0.3 is 10.0 Å². The fourth-order valence-electron chi connectivity index (χ4n) is 1.93. The normalized spacial score (nSPS) is 11.7. The molecule has 0 bridgehead atoms. The van der Waals surface area contributed by atoms with Crippen molar-refractivity contribution in [3.63, 3.8) is 0 Å². The standard InChI is InChI=1S/C13H15ClN2O2/c1-3-16(9(2)6-13(17)18)12-5-4-11(14)7-10(12)8-15/h4-5,7,9H,3,6H2,1-2H3,(H,17,18). The first-order valence-corrected chi connectivity index (χ1v) is 6.05. The fraction of sp³-hybridized carbons (Fsp3) is 0.385. The molecule has 1 aromatic rings. The Morgan fingerprint density at radius 3 is 2.78 bits per heavy atom. The van der Waals surface area contributed by atoms with E-state index in [9.17, 15) is 4.79 Å². The number of rotatable bonds is 5. The zero-order chi connectivity index (χ0) is 13.7. The minimum Gasteiger partial charge on any atom is -0.481 e. The average Bonchev–Trinajstić information content (AvgIpc) is 2.30. The van der Waals surface area contributed by atoms with E-state index in [2.05, 4.69) is 6.07 Å². The summed E-state index contributed by atoms with van der Waals surface area (Å²) in [7, 11) is 0. The van der Waals surface area contributed by atoms with Gasteiger partial charge in [0.05, 0.1) is 17.7 Å². The van der Waals surface area contributed by atoms with Crippen LogP contribution in [-0.2, 0) is 4.79 Å². The Morgan fingerprint density at radius 1 is 1.61 bits per heavy atom. The molecule has 0 aliphatic carbocycles. The summed E-state index contributed by atoms with van der Waals surface area (Å²) >= 11 is 5.84. The first-order valence-electron chi connectivity index (χ1n) is 5.67. The minimum absolute atomic E-state index is 0.0291. The van der Waals surface area contributed by atoms with E-state index >= 15 is 0 Å². The van der Waals surface area contributed by atoms with Crippen LogP contribution < -0.4 is 4.90 Å². The smallest absolute Gasteiger partial charge is 0.305 e. The molecule has 1 N–H and O–H groups in total. The highest BCUT2D eigenvalue weighted by Gasteiger charge is 2.18. The molecule has 4 nitrogen and oxygen atoms in total. The van der Waals surface area contributed by atoms with Gasteiger partial charge in [0.25, 0.3) is 0 Å². The number of anilines is 1. The molecule has 0 fully saturated rings. The number of hydrogen-bond donors (Lipinski definition) is 1. The van der Waals surface area contributed by atoms with Gasteiger partial charge in [-0.2, -0.15) is 5.26 Å². The van der Waals surface area contributed by atoms with Crippen LogP contribution in [0.2, 0.25) is 5.02 Å². The molecule has 5 heteroatoms. The van der Waals surface area contributed by atoms with Gasteiger partial charge in [-0.05, 0) is 32.0 Å². The van der Waals surface area contributed by atoms with Crippen molar-refractivity contribution in [3.8, 4) is 6.07 Å². The van der Waals surface area contributed by atoms with Gasteiger partial charge in [-0.25, -0.2) is 0 Å². The summed E-state index contributed by atoms with van der Waals surface area (Å²) in [6, 6.07) is 6.95. The van der Waals surface area contributed by atoms with Gasteiger partial charge in [0, 0.05) is 17.6 Å². The summed E-state index contributed by atoms with van der Waals surface area (Å²) in [4.78, 5) is 12.6. The maximum absolute atomic E-state index is 10.8. The molecule has 0 saturated heterocycles. The van der Waals surface area contributed by atoms with Crippen molar-refractivity contribution < 1.29 is 9.90 Å². The van der Waals surface area contributed by atoms with E-state index in [1.165, 1.54) is 0 Å². The number of carboxylic acid groups (broad SMARTS) is 1. The lowest BCUT2D eigenvalue weighted by atomic mass is 10.1. The van der Waals surface area contributed by atoms with Crippen molar-refractivity contribution in [3.05, 3.63) is 28.8 Å². The predicted molar refractivity (Wildman–Crippen MR) is 70.9 cm³/mol. The average molecular weight is 267 g/mol. The van der Waals surface area contributed by atoms with Crippen LogP contribution in [0.15, 0.2) is 18.2 Å². The van der Waals surface area contributed by atoms with Gasteiger partial charge in [-0.1, -0.05) is 11.6 Å². The highest BCUT2D eigenvalue weighted by Crippen LogP contribution is 2.26. The van der Waals surface area contributed by atoms with Gasteiger partial charge in [0.15, 0.2) is 0 Å². The molecule has 18 heavy (non-hydrogen) atoms. The molecular weight excluding hydrogens is 252 g/mol. The van der Waals surface area contributed by atoms with E-state index < -0.39 is 5.97 Å². The van der Waals surface area contributed by atoms with Crippen LogP contribution in [0.25, 0.3) is 0 Å². The summed E-state index contributed by atoms with van der Waals surface area (Å²) < 4.78 is 0. The Kier molecular flexibility index (Phi) is 4.99. The third-order valence-electron chi connectivity index (χ3n) is 2.73. The zero-order valence-corrected chi connectivity index (χ0v) is 11.1. The number of halogens is 1.